The Bertz CT molecular complexity index is 347. The van der Waals surface area contributed by atoms with Gasteiger partial charge in [0.15, 0.2) is 0 Å². The van der Waals surface area contributed by atoms with Gasteiger partial charge in [0, 0.05) is 16.9 Å². The van der Waals surface area contributed by atoms with Gasteiger partial charge < -0.3 is 5.73 Å². The second-order valence-electron chi connectivity index (χ2n) is 3.83. The van der Waals surface area contributed by atoms with E-state index >= 15 is 0 Å². The number of hydrogen-bond donors (Lipinski definition) is 1. The summed E-state index contributed by atoms with van der Waals surface area (Å²) in [5.74, 6) is -0.155. The Morgan fingerprint density at radius 2 is 2.21 bits per heavy atom. The zero-order valence-corrected chi connectivity index (χ0v) is 9.03. The van der Waals surface area contributed by atoms with Crippen molar-refractivity contribution in [2.75, 3.05) is 12.8 Å². The number of hydrogen-bond acceptors (Lipinski definition) is 2. The van der Waals surface area contributed by atoms with Crippen LogP contribution in [-0.4, -0.2) is 12.8 Å². The third kappa shape index (κ3) is 1.55. The fourth-order valence-corrected chi connectivity index (χ4v) is 2.53. The lowest BCUT2D eigenvalue weighted by Gasteiger charge is -2.16. The second kappa shape index (κ2) is 3.55. The van der Waals surface area contributed by atoms with E-state index in [1.807, 2.05) is 12.3 Å². The van der Waals surface area contributed by atoms with Crippen molar-refractivity contribution in [1.82, 2.24) is 0 Å². The fraction of sp³-hybridized carbons (Fsp3) is 0.455. The van der Waals surface area contributed by atoms with Crippen molar-refractivity contribution in [3.63, 3.8) is 0 Å². The molecule has 76 valence electrons. The summed E-state index contributed by atoms with van der Waals surface area (Å²) in [5, 5.41) is 0. The first kappa shape index (κ1) is 9.99. The Morgan fingerprint density at radius 3 is 2.71 bits per heavy atom. The molecule has 1 nitrogen and oxygen atoms in total. The largest absolute Gasteiger partial charge is 0.330 e. The van der Waals surface area contributed by atoms with Crippen molar-refractivity contribution in [3.05, 3.63) is 29.6 Å². The average Bonchev–Trinajstić information content (AvgIpc) is 2.98. The van der Waals surface area contributed by atoms with E-state index in [9.17, 15) is 4.39 Å². The van der Waals surface area contributed by atoms with Gasteiger partial charge in [0.1, 0.15) is 5.82 Å². The van der Waals surface area contributed by atoms with Crippen LogP contribution in [0.1, 0.15) is 18.4 Å². The van der Waals surface area contributed by atoms with Crippen LogP contribution in [0.25, 0.3) is 0 Å². The normalized spacial score (nSPS) is 18.2. The number of halogens is 1. The summed E-state index contributed by atoms with van der Waals surface area (Å²) in [7, 11) is 0. The third-order valence-corrected chi connectivity index (χ3v) is 3.77. The molecule has 3 heteroatoms. The maximum Gasteiger partial charge on any atom is 0.123 e. The molecule has 1 fully saturated rings. The van der Waals surface area contributed by atoms with Gasteiger partial charge >= 0.3 is 0 Å². The summed E-state index contributed by atoms with van der Waals surface area (Å²) in [6.07, 6.45) is 4.21. The SMILES string of the molecule is CSc1ccc(F)cc1C1(CN)CC1. The average molecular weight is 211 g/mol. The number of nitrogens with two attached hydrogens (primary N) is 1. The maximum atomic E-state index is 13.1. The van der Waals surface area contributed by atoms with Gasteiger partial charge in [-0.25, -0.2) is 4.39 Å². The topological polar surface area (TPSA) is 26.0 Å². The Hall–Kier alpha value is -0.540. The summed E-state index contributed by atoms with van der Waals surface area (Å²) in [4.78, 5) is 1.16. The summed E-state index contributed by atoms with van der Waals surface area (Å²) >= 11 is 1.66. The van der Waals surface area contributed by atoms with Gasteiger partial charge in [0.25, 0.3) is 0 Å². The molecule has 0 aliphatic heterocycles. The minimum atomic E-state index is -0.155. The summed E-state index contributed by atoms with van der Waals surface area (Å²) in [6, 6.07) is 5.01. The van der Waals surface area contributed by atoms with Gasteiger partial charge in [0.2, 0.25) is 0 Å². The fourth-order valence-electron chi connectivity index (χ4n) is 1.83. The zero-order chi connectivity index (χ0) is 10.2. The molecule has 1 aromatic rings. The monoisotopic (exact) mass is 211 g/mol. The number of rotatable bonds is 3. The summed E-state index contributed by atoms with van der Waals surface area (Å²) in [5.41, 5.74) is 6.93. The molecule has 0 heterocycles. The van der Waals surface area contributed by atoms with Crippen LogP contribution in [-0.2, 0) is 5.41 Å². The van der Waals surface area contributed by atoms with Crippen LogP contribution in [0.15, 0.2) is 23.1 Å². The molecule has 1 saturated carbocycles. The first-order valence-electron chi connectivity index (χ1n) is 4.76. The van der Waals surface area contributed by atoms with E-state index in [1.54, 1.807) is 17.8 Å². The van der Waals surface area contributed by atoms with Gasteiger partial charge in [-0.15, -0.1) is 11.8 Å². The Balaban J connectivity index is 2.44. The molecular formula is C11H14FNS. The second-order valence-corrected chi connectivity index (χ2v) is 4.68. The lowest BCUT2D eigenvalue weighted by molar-refractivity contribution is 0.611. The third-order valence-electron chi connectivity index (χ3n) is 2.98. The lowest BCUT2D eigenvalue weighted by atomic mass is 9.96. The van der Waals surface area contributed by atoms with Gasteiger partial charge in [-0.3, -0.25) is 0 Å². The molecule has 1 aromatic carbocycles. The predicted molar refractivity (Wildman–Crippen MR) is 58.1 cm³/mol. The molecule has 14 heavy (non-hydrogen) atoms. The van der Waals surface area contributed by atoms with E-state index in [4.69, 9.17) is 5.73 Å². The van der Waals surface area contributed by atoms with E-state index in [2.05, 4.69) is 0 Å². The molecule has 1 aliphatic rings. The first-order valence-corrected chi connectivity index (χ1v) is 5.98. The minimum Gasteiger partial charge on any atom is -0.330 e. The molecule has 0 spiro atoms. The van der Waals surface area contributed by atoms with Crippen LogP contribution in [0.3, 0.4) is 0 Å². The van der Waals surface area contributed by atoms with Crippen molar-refractivity contribution >= 4 is 11.8 Å². The predicted octanol–water partition coefficient (Wildman–Crippen LogP) is 2.54. The lowest BCUT2D eigenvalue weighted by Crippen LogP contribution is -2.20. The molecule has 0 bridgehead atoms. The Morgan fingerprint density at radius 1 is 1.50 bits per heavy atom. The van der Waals surface area contributed by atoms with E-state index < -0.39 is 0 Å². The number of thioether (sulfide) groups is 1. The van der Waals surface area contributed by atoms with Crippen molar-refractivity contribution in [2.45, 2.75) is 23.2 Å². The summed E-state index contributed by atoms with van der Waals surface area (Å²) in [6.45, 7) is 0.629. The maximum absolute atomic E-state index is 13.1. The highest BCUT2D eigenvalue weighted by atomic mass is 32.2. The van der Waals surface area contributed by atoms with Crippen molar-refractivity contribution < 1.29 is 4.39 Å². The van der Waals surface area contributed by atoms with Crippen LogP contribution in [0.5, 0.6) is 0 Å². The van der Waals surface area contributed by atoms with E-state index in [1.165, 1.54) is 6.07 Å². The highest BCUT2D eigenvalue weighted by molar-refractivity contribution is 7.98. The molecular weight excluding hydrogens is 197 g/mol. The quantitative estimate of drug-likeness (QED) is 0.777. The molecule has 0 unspecified atom stereocenters. The standard InChI is InChI=1S/C11H14FNS/c1-14-10-3-2-8(12)6-9(10)11(7-13)4-5-11/h2-3,6H,4-5,7,13H2,1H3. The van der Waals surface area contributed by atoms with E-state index in [-0.39, 0.29) is 11.2 Å². The molecule has 2 N–H and O–H groups in total. The van der Waals surface area contributed by atoms with Gasteiger partial charge in [-0.1, -0.05) is 0 Å². The van der Waals surface area contributed by atoms with Gasteiger partial charge in [0.05, 0.1) is 0 Å². The van der Waals surface area contributed by atoms with E-state index in [0.717, 1.165) is 23.3 Å². The van der Waals surface area contributed by atoms with Crippen LogP contribution >= 0.6 is 11.8 Å². The van der Waals surface area contributed by atoms with Crippen LogP contribution in [0, 0.1) is 5.82 Å². The first-order chi connectivity index (χ1) is 6.72. The molecule has 0 aromatic heterocycles. The van der Waals surface area contributed by atoms with Crippen LogP contribution in [0.2, 0.25) is 0 Å². The highest BCUT2D eigenvalue weighted by Crippen LogP contribution is 2.50. The highest BCUT2D eigenvalue weighted by Gasteiger charge is 2.44. The molecule has 0 amide bonds. The Kier molecular flexibility index (Phi) is 2.54. The van der Waals surface area contributed by atoms with Crippen LogP contribution < -0.4 is 5.73 Å². The number of benzene rings is 1. The smallest absolute Gasteiger partial charge is 0.123 e. The van der Waals surface area contributed by atoms with Gasteiger partial charge in [-0.2, -0.15) is 0 Å². The van der Waals surface area contributed by atoms with Crippen molar-refractivity contribution in [3.8, 4) is 0 Å². The van der Waals surface area contributed by atoms with Gasteiger partial charge in [-0.05, 0) is 42.9 Å². The molecule has 2 rings (SSSR count). The molecule has 0 radical (unpaired) electrons. The molecule has 1 aliphatic carbocycles. The zero-order valence-electron chi connectivity index (χ0n) is 8.22. The minimum absolute atomic E-state index is 0.0838. The Labute approximate surface area is 87.9 Å². The summed E-state index contributed by atoms with van der Waals surface area (Å²) < 4.78 is 13.1. The van der Waals surface area contributed by atoms with Crippen LogP contribution in [0.4, 0.5) is 4.39 Å². The van der Waals surface area contributed by atoms with Crippen molar-refractivity contribution in [2.24, 2.45) is 5.73 Å². The van der Waals surface area contributed by atoms with E-state index in [0.29, 0.717) is 6.54 Å². The van der Waals surface area contributed by atoms with Crippen molar-refractivity contribution in [1.29, 1.82) is 0 Å². The molecule has 0 atom stereocenters. The molecule has 0 saturated heterocycles.